The lowest BCUT2D eigenvalue weighted by molar-refractivity contribution is 0.299. The molecule has 0 atom stereocenters. The smallest absolute Gasteiger partial charge is 0.131 e. The first kappa shape index (κ1) is 13.6. The molecule has 0 radical (unpaired) electrons. The van der Waals surface area contributed by atoms with Crippen molar-refractivity contribution in [1.29, 1.82) is 5.26 Å². The van der Waals surface area contributed by atoms with Gasteiger partial charge in [-0.2, -0.15) is 5.26 Å². The van der Waals surface area contributed by atoms with Crippen LogP contribution < -0.4 is 10.1 Å². The van der Waals surface area contributed by atoms with Gasteiger partial charge in [-0.05, 0) is 48.4 Å². The molecule has 4 heteroatoms. The first-order chi connectivity index (χ1) is 10.3. The highest BCUT2D eigenvalue weighted by Crippen LogP contribution is 2.22. The average molecular weight is 282 g/mol. The summed E-state index contributed by atoms with van der Waals surface area (Å²) < 4.78 is 19.4. The summed E-state index contributed by atoms with van der Waals surface area (Å²) in [5.74, 6) is 0.343. The second kappa shape index (κ2) is 5.94. The molecule has 0 fully saturated rings. The van der Waals surface area contributed by atoms with Crippen molar-refractivity contribution in [1.82, 2.24) is 5.32 Å². The molecule has 2 aromatic carbocycles. The topological polar surface area (TPSA) is 45.0 Å². The molecule has 1 heterocycles. The SMILES string of the molecule is N#Cc1ccc(COc2ccc3c(c2)CCNC3)c(F)c1. The van der Waals surface area contributed by atoms with Crippen molar-refractivity contribution in [2.45, 2.75) is 19.6 Å². The minimum atomic E-state index is -0.406. The number of nitrogens with one attached hydrogen (secondary N) is 1. The minimum absolute atomic E-state index is 0.161. The maximum atomic E-state index is 13.8. The average Bonchev–Trinajstić information content (AvgIpc) is 2.53. The molecular formula is C17H15FN2O. The number of nitrogens with zero attached hydrogens (tertiary/aromatic N) is 1. The Kier molecular flexibility index (Phi) is 3.85. The van der Waals surface area contributed by atoms with Gasteiger partial charge in [0.15, 0.2) is 0 Å². The molecular weight excluding hydrogens is 267 g/mol. The molecule has 3 rings (SSSR count). The normalized spacial score (nSPS) is 13.3. The molecule has 106 valence electrons. The number of halogens is 1. The van der Waals surface area contributed by atoms with Crippen LogP contribution >= 0.6 is 0 Å². The van der Waals surface area contributed by atoms with Gasteiger partial charge in [-0.3, -0.25) is 0 Å². The molecule has 21 heavy (non-hydrogen) atoms. The van der Waals surface area contributed by atoms with Gasteiger partial charge in [0.05, 0.1) is 11.6 Å². The fourth-order valence-electron chi connectivity index (χ4n) is 2.44. The lowest BCUT2D eigenvalue weighted by Crippen LogP contribution is -2.23. The quantitative estimate of drug-likeness (QED) is 0.941. The van der Waals surface area contributed by atoms with E-state index in [9.17, 15) is 4.39 Å². The molecule has 0 bridgehead atoms. The highest BCUT2D eigenvalue weighted by Gasteiger charge is 2.10. The summed E-state index contributed by atoms with van der Waals surface area (Å²) in [7, 11) is 0. The van der Waals surface area contributed by atoms with E-state index < -0.39 is 5.82 Å². The molecule has 3 nitrogen and oxygen atoms in total. The van der Waals surface area contributed by atoms with E-state index in [1.807, 2.05) is 24.3 Å². The summed E-state index contributed by atoms with van der Waals surface area (Å²) in [6, 6.07) is 12.3. The maximum absolute atomic E-state index is 13.8. The summed E-state index contributed by atoms with van der Waals surface area (Å²) in [5, 5.41) is 12.0. The van der Waals surface area contributed by atoms with Gasteiger partial charge in [-0.1, -0.05) is 12.1 Å². The van der Waals surface area contributed by atoms with Gasteiger partial charge < -0.3 is 10.1 Å². The van der Waals surface area contributed by atoms with Crippen molar-refractivity contribution in [3.05, 3.63) is 64.5 Å². The predicted octanol–water partition coefficient (Wildman–Crippen LogP) is 2.92. The van der Waals surface area contributed by atoms with Crippen LogP contribution in [0.15, 0.2) is 36.4 Å². The van der Waals surface area contributed by atoms with Crippen molar-refractivity contribution in [2.75, 3.05) is 6.54 Å². The Morgan fingerprint density at radius 1 is 1.19 bits per heavy atom. The third-order valence-electron chi connectivity index (χ3n) is 3.64. The van der Waals surface area contributed by atoms with Crippen molar-refractivity contribution in [2.24, 2.45) is 0 Å². The molecule has 0 spiro atoms. The van der Waals surface area contributed by atoms with Gasteiger partial charge >= 0.3 is 0 Å². The summed E-state index contributed by atoms with van der Waals surface area (Å²) in [4.78, 5) is 0. The second-order valence-electron chi connectivity index (χ2n) is 5.06. The largest absolute Gasteiger partial charge is 0.489 e. The standard InChI is InChI=1S/C17H15FN2O/c18-17-7-12(9-19)1-2-15(17)11-21-16-4-3-14-10-20-6-5-13(14)8-16/h1-4,7-8,20H,5-6,10-11H2. The van der Waals surface area contributed by atoms with Gasteiger partial charge in [-0.15, -0.1) is 0 Å². The third-order valence-corrected chi connectivity index (χ3v) is 3.64. The van der Waals surface area contributed by atoms with Gasteiger partial charge in [0.1, 0.15) is 18.2 Å². The van der Waals surface area contributed by atoms with Crippen LogP contribution in [-0.2, 0) is 19.6 Å². The van der Waals surface area contributed by atoms with E-state index >= 15 is 0 Å². The van der Waals surface area contributed by atoms with E-state index in [1.165, 1.54) is 17.2 Å². The molecule has 0 aromatic heterocycles. The minimum Gasteiger partial charge on any atom is -0.489 e. The maximum Gasteiger partial charge on any atom is 0.131 e. The lowest BCUT2D eigenvalue weighted by Gasteiger charge is -2.18. The number of benzene rings is 2. The van der Waals surface area contributed by atoms with Crippen LogP contribution in [0.3, 0.4) is 0 Å². The summed E-state index contributed by atoms with van der Waals surface area (Å²) in [5.41, 5.74) is 3.34. The fourth-order valence-corrected chi connectivity index (χ4v) is 2.44. The van der Waals surface area contributed by atoms with Gasteiger partial charge in [0.25, 0.3) is 0 Å². The van der Waals surface area contributed by atoms with Crippen LogP contribution in [0.25, 0.3) is 0 Å². The van der Waals surface area contributed by atoms with Crippen molar-refractivity contribution >= 4 is 0 Å². The van der Waals surface area contributed by atoms with Crippen molar-refractivity contribution in [3.8, 4) is 11.8 Å². The van der Waals surface area contributed by atoms with Crippen molar-refractivity contribution in [3.63, 3.8) is 0 Å². The first-order valence-corrected chi connectivity index (χ1v) is 6.90. The Bertz CT molecular complexity index is 706. The zero-order valence-corrected chi connectivity index (χ0v) is 11.5. The third kappa shape index (κ3) is 3.04. The number of hydrogen-bond donors (Lipinski definition) is 1. The molecule has 0 unspecified atom stereocenters. The Labute approximate surface area is 123 Å². The first-order valence-electron chi connectivity index (χ1n) is 6.90. The lowest BCUT2D eigenvalue weighted by atomic mass is 10.0. The van der Waals surface area contributed by atoms with Crippen LogP contribution in [0.4, 0.5) is 4.39 Å². The van der Waals surface area contributed by atoms with E-state index in [-0.39, 0.29) is 6.61 Å². The molecule has 2 aromatic rings. The molecule has 0 aliphatic carbocycles. The number of nitriles is 1. The summed E-state index contributed by atoms with van der Waals surface area (Å²) >= 11 is 0. The van der Waals surface area contributed by atoms with Gasteiger partial charge in [-0.25, -0.2) is 4.39 Å². The molecule has 1 aliphatic rings. The summed E-state index contributed by atoms with van der Waals surface area (Å²) in [6.45, 7) is 2.02. The molecule has 0 saturated carbocycles. The number of rotatable bonds is 3. The van der Waals surface area contributed by atoms with E-state index in [0.717, 1.165) is 25.3 Å². The molecule has 1 N–H and O–H groups in total. The van der Waals surface area contributed by atoms with Crippen LogP contribution in [0, 0.1) is 17.1 Å². The van der Waals surface area contributed by atoms with E-state index in [1.54, 1.807) is 12.1 Å². The molecule has 1 aliphatic heterocycles. The predicted molar refractivity (Wildman–Crippen MR) is 77.3 cm³/mol. The van der Waals surface area contributed by atoms with Crippen LogP contribution in [-0.4, -0.2) is 6.54 Å². The van der Waals surface area contributed by atoms with Gasteiger partial charge in [0.2, 0.25) is 0 Å². The van der Waals surface area contributed by atoms with Gasteiger partial charge in [0, 0.05) is 12.1 Å². The Morgan fingerprint density at radius 2 is 2.10 bits per heavy atom. The Morgan fingerprint density at radius 3 is 2.90 bits per heavy atom. The number of fused-ring (bicyclic) bond motifs is 1. The van der Waals surface area contributed by atoms with Crippen LogP contribution in [0.2, 0.25) is 0 Å². The molecule has 0 saturated heterocycles. The summed E-state index contributed by atoms with van der Waals surface area (Å²) in [6.07, 6.45) is 0.984. The number of ether oxygens (including phenoxy) is 1. The highest BCUT2D eigenvalue weighted by molar-refractivity contribution is 5.37. The van der Waals surface area contributed by atoms with Crippen molar-refractivity contribution < 1.29 is 9.13 Å². The van der Waals surface area contributed by atoms with E-state index in [4.69, 9.17) is 10.00 Å². The second-order valence-corrected chi connectivity index (χ2v) is 5.06. The Hall–Kier alpha value is -2.38. The fraction of sp³-hybridized carbons (Fsp3) is 0.235. The van der Waals surface area contributed by atoms with E-state index in [0.29, 0.717) is 11.1 Å². The Balaban J connectivity index is 1.72. The van der Waals surface area contributed by atoms with Crippen LogP contribution in [0.1, 0.15) is 22.3 Å². The molecule has 0 amide bonds. The van der Waals surface area contributed by atoms with E-state index in [2.05, 4.69) is 5.32 Å². The van der Waals surface area contributed by atoms with Crippen LogP contribution in [0.5, 0.6) is 5.75 Å². The highest BCUT2D eigenvalue weighted by atomic mass is 19.1. The zero-order valence-electron chi connectivity index (χ0n) is 11.5. The monoisotopic (exact) mass is 282 g/mol. The zero-order chi connectivity index (χ0) is 14.7. The number of hydrogen-bond acceptors (Lipinski definition) is 3.